The Morgan fingerprint density at radius 3 is 2.59 bits per heavy atom. The summed E-state index contributed by atoms with van der Waals surface area (Å²) in [5.41, 5.74) is 0.545. The van der Waals surface area contributed by atoms with Gasteiger partial charge in [0.1, 0.15) is 5.54 Å². The second kappa shape index (κ2) is 5.58. The number of para-hydroxylation sites is 1. The Morgan fingerprint density at radius 2 is 1.95 bits per heavy atom. The lowest BCUT2D eigenvalue weighted by Crippen LogP contribution is -2.47. The standard InChI is InChI=1S/C18H26N2O2/c1-17(2)12-15(21)8-11-20(13-17)16(22)18(9-10-18)19-14-6-4-3-5-7-14/h3-7,15,19,21H,8-13H2,1-2H3. The molecule has 4 heteroatoms. The number of carbonyl (C=O) groups excluding carboxylic acids is 1. The molecule has 2 fully saturated rings. The number of benzene rings is 1. The average molecular weight is 302 g/mol. The first kappa shape index (κ1) is 15.3. The highest BCUT2D eigenvalue weighted by Gasteiger charge is 2.52. The highest BCUT2D eigenvalue weighted by Crippen LogP contribution is 2.42. The van der Waals surface area contributed by atoms with Crippen molar-refractivity contribution in [2.45, 2.75) is 51.2 Å². The van der Waals surface area contributed by atoms with Gasteiger partial charge < -0.3 is 15.3 Å². The molecule has 0 radical (unpaired) electrons. The molecule has 0 bridgehead atoms. The zero-order chi connectivity index (χ0) is 15.8. The zero-order valence-corrected chi connectivity index (χ0v) is 13.5. The lowest BCUT2D eigenvalue weighted by molar-refractivity contribution is -0.134. The van der Waals surface area contributed by atoms with Crippen LogP contribution in [0.25, 0.3) is 0 Å². The largest absolute Gasteiger partial charge is 0.393 e. The SMILES string of the molecule is CC1(C)CC(O)CCN(C(=O)C2(Nc3ccccc3)CC2)C1. The van der Waals surface area contributed by atoms with E-state index in [4.69, 9.17) is 0 Å². The van der Waals surface area contributed by atoms with Gasteiger partial charge in [-0.05, 0) is 43.2 Å². The van der Waals surface area contributed by atoms with Crippen LogP contribution in [0, 0.1) is 5.41 Å². The molecular formula is C18H26N2O2. The van der Waals surface area contributed by atoms with E-state index >= 15 is 0 Å². The molecule has 22 heavy (non-hydrogen) atoms. The molecule has 1 atom stereocenters. The van der Waals surface area contributed by atoms with Crippen LogP contribution in [-0.2, 0) is 4.79 Å². The molecule has 3 rings (SSSR count). The highest BCUT2D eigenvalue weighted by atomic mass is 16.3. The van der Waals surface area contributed by atoms with Gasteiger partial charge in [-0.15, -0.1) is 0 Å². The van der Waals surface area contributed by atoms with Crippen molar-refractivity contribution in [3.05, 3.63) is 30.3 Å². The summed E-state index contributed by atoms with van der Waals surface area (Å²) in [6, 6.07) is 9.95. The van der Waals surface area contributed by atoms with Crippen LogP contribution in [0.5, 0.6) is 0 Å². The molecule has 0 aromatic heterocycles. The van der Waals surface area contributed by atoms with Gasteiger partial charge in [0.05, 0.1) is 6.10 Å². The molecule has 1 saturated carbocycles. The minimum atomic E-state index is -0.424. The summed E-state index contributed by atoms with van der Waals surface area (Å²) in [5, 5.41) is 13.5. The third-order valence-electron chi connectivity index (χ3n) is 4.74. The summed E-state index contributed by atoms with van der Waals surface area (Å²) in [4.78, 5) is 15.0. The van der Waals surface area contributed by atoms with Crippen molar-refractivity contribution >= 4 is 11.6 Å². The minimum absolute atomic E-state index is 0.0333. The Hall–Kier alpha value is -1.55. The molecule has 4 nitrogen and oxygen atoms in total. The van der Waals surface area contributed by atoms with Crippen molar-refractivity contribution < 1.29 is 9.90 Å². The Balaban J connectivity index is 1.72. The molecule has 2 N–H and O–H groups in total. The summed E-state index contributed by atoms with van der Waals surface area (Å²) in [6.07, 6.45) is 2.91. The van der Waals surface area contributed by atoms with E-state index in [1.165, 1.54) is 0 Å². The second-order valence-corrected chi connectivity index (χ2v) is 7.61. The zero-order valence-electron chi connectivity index (χ0n) is 13.5. The van der Waals surface area contributed by atoms with E-state index in [1.807, 2.05) is 35.2 Å². The van der Waals surface area contributed by atoms with Gasteiger partial charge in [-0.3, -0.25) is 4.79 Å². The van der Waals surface area contributed by atoms with Crippen LogP contribution in [0.3, 0.4) is 0 Å². The van der Waals surface area contributed by atoms with E-state index in [0.717, 1.165) is 31.5 Å². The van der Waals surface area contributed by atoms with Gasteiger partial charge in [0.25, 0.3) is 0 Å². The highest BCUT2D eigenvalue weighted by molar-refractivity contribution is 5.92. The lowest BCUT2D eigenvalue weighted by atomic mass is 9.87. The van der Waals surface area contributed by atoms with Crippen molar-refractivity contribution in [1.29, 1.82) is 0 Å². The molecule has 1 aliphatic heterocycles. The van der Waals surface area contributed by atoms with Gasteiger partial charge in [-0.25, -0.2) is 0 Å². The number of nitrogens with one attached hydrogen (secondary N) is 1. The number of anilines is 1. The van der Waals surface area contributed by atoms with Crippen LogP contribution in [0.2, 0.25) is 0 Å². The van der Waals surface area contributed by atoms with Gasteiger partial charge in [-0.2, -0.15) is 0 Å². The van der Waals surface area contributed by atoms with E-state index in [9.17, 15) is 9.90 Å². The monoisotopic (exact) mass is 302 g/mol. The number of carbonyl (C=O) groups is 1. The summed E-state index contributed by atoms with van der Waals surface area (Å²) in [7, 11) is 0. The van der Waals surface area contributed by atoms with Crippen LogP contribution in [-0.4, -0.2) is 40.6 Å². The number of aliphatic hydroxyl groups is 1. The molecule has 1 amide bonds. The Morgan fingerprint density at radius 1 is 1.27 bits per heavy atom. The third-order valence-corrected chi connectivity index (χ3v) is 4.74. The van der Waals surface area contributed by atoms with Crippen LogP contribution < -0.4 is 5.32 Å². The van der Waals surface area contributed by atoms with Gasteiger partial charge in [0.2, 0.25) is 5.91 Å². The van der Waals surface area contributed by atoms with Crippen molar-refractivity contribution in [2.75, 3.05) is 18.4 Å². The molecular weight excluding hydrogens is 276 g/mol. The second-order valence-electron chi connectivity index (χ2n) is 7.61. The summed E-state index contributed by atoms with van der Waals surface area (Å²) < 4.78 is 0. The van der Waals surface area contributed by atoms with Crippen molar-refractivity contribution in [3.63, 3.8) is 0 Å². The molecule has 0 spiro atoms. The summed E-state index contributed by atoms with van der Waals surface area (Å²) >= 11 is 0. The van der Waals surface area contributed by atoms with E-state index in [2.05, 4.69) is 19.2 Å². The normalized spacial score (nSPS) is 26.1. The quantitative estimate of drug-likeness (QED) is 0.902. The van der Waals surface area contributed by atoms with Crippen molar-refractivity contribution in [3.8, 4) is 0 Å². The summed E-state index contributed by atoms with van der Waals surface area (Å²) in [5.74, 6) is 0.193. The Kier molecular flexibility index (Phi) is 3.89. The molecule has 2 aliphatic rings. The van der Waals surface area contributed by atoms with E-state index in [0.29, 0.717) is 13.0 Å². The fourth-order valence-electron chi connectivity index (χ4n) is 3.50. The molecule has 1 aliphatic carbocycles. The maximum absolute atomic E-state index is 13.0. The molecule has 1 aromatic carbocycles. The number of aliphatic hydroxyl groups excluding tert-OH is 1. The third kappa shape index (κ3) is 3.27. The first-order chi connectivity index (χ1) is 10.4. The predicted octanol–water partition coefficient (Wildman–Crippen LogP) is 2.64. The van der Waals surface area contributed by atoms with Crippen LogP contribution in [0.15, 0.2) is 30.3 Å². The number of nitrogens with zero attached hydrogens (tertiary/aromatic N) is 1. The maximum atomic E-state index is 13.0. The summed E-state index contributed by atoms with van der Waals surface area (Å²) in [6.45, 7) is 5.64. The predicted molar refractivity (Wildman–Crippen MR) is 87.6 cm³/mol. The maximum Gasteiger partial charge on any atom is 0.248 e. The first-order valence-corrected chi connectivity index (χ1v) is 8.21. The molecule has 1 heterocycles. The van der Waals surface area contributed by atoms with Gasteiger partial charge in [0.15, 0.2) is 0 Å². The number of rotatable bonds is 3. The fraction of sp³-hybridized carbons (Fsp3) is 0.611. The van der Waals surface area contributed by atoms with Gasteiger partial charge >= 0.3 is 0 Å². The van der Waals surface area contributed by atoms with E-state index < -0.39 is 5.54 Å². The van der Waals surface area contributed by atoms with E-state index in [-0.39, 0.29) is 17.4 Å². The average Bonchev–Trinajstić information content (AvgIpc) is 3.24. The Labute approximate surface area is 132 Å². The molecule has 1 aromatic rings. The van der Waals surface area contributed by atoms with Crippen LogP contribution in [0.1, 0.15) is 39.5 Å². The molecule has 120 valence electrons. The fourth-order valence-corrected chi connectivity index (χ4v) is 3.50. The number of likely N-dealkylation sites (tertiary alicyclic amines) is 1. The topological polar surface area (TPSA) is 52.6 Å². The van der Waals surface area contributed by atoms with Gasteiger partial charge in [-0.1, -0.05) is 32.0 Å². The smallest absolute Gasteiger partial charge is 0.248 e. The van der Waals surface area contributed by atoms with Crippen molar-refractivity contribution in [1.82, 2.24) is 4.90 Å². The van der Waals surface area contributed by atoms with Crippen LogP contribution >= 0.6 is 0 Å². The Bertz CT molecular complexity index is 537. The first-order valence-electron chi connectivity index (χ1n) is 8.21. The molecule has 1 saturated heterocycles. The van der Waals surface area contributed by atoms with Crippen molar-refractivity contribution in [2.24, 2.45) is 5.41 Å². The number of hydrogen-bond donors (Lipinski definition) is 2. The minimum Gasteiger partial charge on any atom is -0.393 e. The van der Waals surface area contributed by atoms with Gasteiger partial charge in [0, 0.05) is 18.8 Å². The molecule has 1 unspecified atom stereocenters. The number of hydrogen-bond acceptors (Lipinski definition) is 3. The number of amides is 1. The lowest BCUT2D eigenvalue weighted by Gasteiger charge is -2.32. The van der Waals surface area contributed by atoms with Crippen LogP contribution in [0.4, 0.5) is 5.69 Å². The van der Waals surface area contributed by atoms with E-state index in [1.54, 1.807) is 0 Å².